The number of aromatic nitrogens is 1. The van der Waals surface area contributed by atoms with Crippen molar-refractivity contribution in [3.8, 4) is 11.5 Å². The smallest absolute Gasteiger partial charge is 0.283 e. The maximum absolute atomic E-state index is 12.7. The molecule has 1 aromatic heterocycles. The molecule has 0 unspecified atom stereocenters. The van der Waals surface area contributed by atoms with Gasteiger partial charge in [-0.3, -0.25) is 15.2 Å². The maximum Gasteiger partial charge on any atom is 0.283 e. The maximum atomic E-state index is 12.7. The first-order valence-corrected chi connectivity index (χ1v) is 12.7. The molecule has 0 saturated heterocycles. The van der Waals surface area contributed by atoms with Crippen LogP contribution in [0.15, 0.2) is 82.7 Å². The lowest BCUT2D eigenvalue weighted by Crippen LogP contribution is -2.35. The number of hydrazone groups is 1. The number of rotatable bonds is 8. The van der Waals surface area contributed by atoms with E-state index < -0.39 is 5.91 Å². The van der Waals surface area contributed by atoms with Crippen LogP contribution in [0, 0.1) is 12.3 Å². The molecule has 0 atom stereocenters. The summed E-state index contributed by atoms with van der Waals surface area (Å²) in [6, 6.07) is 17.2. The third kappa shape index (κ3) is 5.62. The molecule has 1 amide bonds. The van der Waals surface area contributed by atoms with Gasteiger partial charge < -0.3 is 9.47 Å². The summed E-state index contributed by atoms with van der Waals surface area (Å²) in [7, 11) is 0. The molecule has 0 fully saturated rings. The van der Waals surface area contributed by atoms with Gasteiger partial charge in [0.25, 0.3) is 5.91 Å². The van der Waals surface area contributed by atoms with E-state index in [1.165, 1.54) is 27.9 Å². The number of aryl methyl sites for hydroxylation is 2. The Labute approximate surface area is 219 Å². The van der Waals surface area contributed by atoms with E-state index in [4.69, 9.17) is 14.9 Å². The van der Waals surface area contributed by atoms with Crippen LogP contribution in [0.1, 0.15) is 29.2 Å². The number of hydrogen-bond acceptors (Lipinski definition) is 7. The van der Waals surface area contributed by atoms with Gasteiger partial charge in [0.05, 0.1) is 5.57 Å². The second-order valence-electron chi connectivity index (χ2n) is 8.44. The van der Waals surface area contributed by atoms with Crippen molar-refractivity contribution in [2.24, 2.45) is 10.1 Å². The minimum absolute atomic E-state index is 0.0127. The Hall–Kier alpha value is -4.24. The van der Waals surface area contributed by atoms with Gasteiger partial charge in [0, 0.05) is 18.0 Å². The molecule has 1 N–H and O–H groups in total. The molecule has 5 rings (SSSR count). The molecule has 3 aromatic rings. The number of carbonyl (C=O) groups excluding carboxylic acids is 1. The van der Waals surface area contributed by atoms with Gasteiger partial charge in [0.15, 0.2) is 5.84 Å². The number of nitrogens with one attached hydrogen (secondary N) is 1. The first-order chi connectivity index (χ1) is 18.0. The molecule has 0 saturated carbocycles. The highest BCUT2D eigenvalue weighted by Crippen LogP contribution is 2.30. The minimum atomic E-state index is -0.466. The van der Waals surface area contributed by atoms with Crippen LogP contribution in [0.5, 0.6) is 11.5 Å². The van der Waals surface area contributed by atoms with E-state index in [-0.39, 0.29) is 11.4 Å². The van der Waals surface area contributed by atoms with Crippen LogP contribution in [0.4, 0.5) is 0 Å². The number of thioether (sulfide) groups is 1. The number of amidine groups is 2. The van der Waals surface area contributed by atoms with Gasteiger partial charge in [-0.15, -0.1) is 0 Å². The second kappa shape index (κ2) is 10.8. The standard InChI is InChI=1S/C28H25N5O3S/c1-3-19-13-18(2)14-23(15-19)36-12-11-35-22-8-6-20(7-9-22)16-24-25(29)33-28(31-26(24)34)37-27(32-33)21-5-4-10-30-17-21/h4-10,13-17,29H,3,11-12H2,1-2H3/b24-16-,29-25?. The highest BCUT2D eigenvalue weighted by Gasteiger charge is 2.36. The predicted octanol–water partition coefficient (Wildman–Crippen LogP) is 5.08. The van der Waals surface area contributed by atoms with E-state index in [1.54, 1.807) is 18.5 Å². The van der Waals surface area contributed by atoms with Crippen LogP contribution in [0.25, 0.3) is 6.08 Å². The average Bonchev–Trinajstić information content (AvgIpc) is 3.34. The third-order valence-corrected chi connectivity index (χ3v) is 6.65. The zero-order valence-electron chi connectivity index (χ0n) is 20.5. The van der Waals surface area contributed by atoms with Crippen LogP contribution in [-0.4, -0.2) is 45.2 Å². The molecule has 2 aliphatic rings. The van der Waals surface area contributed by atoms with Gasteiger partial charge in [0.2, 0.25) is 5.17 Å². The first-order valence-electron chi connectivity index (χ1n) is 11.9. The average molecular weight is 512 g/mol. The Kier molecular flexibility index (Phi) is 7.14. The molecule has 8 nitrogen and oxygen atoms in total. The summed E-state index contributed by atoms with van der Waals surface area (Å²) in [4.78, 5) is 20.9. The fourth-order valence-electron chi connectivity index (χ4n) is 3.86. The number of benzene rings is 2. The minimum Gasteiger partial charge on any atom is -0.490 e. The molecule has 2 aromatic carbocycles. The monoisotopic (exact) mass is 511 g/mol. The first kappa shape index (κ1) is 24.5. The summed E-state index contributed by atoms with van der Waals surface area (Å²) in [6.45, 7) is 5.02. The molecule has 0 aliphatic carbocycles. The summed E-state index contributed by atoms with van der Waals surface area (Å²) in [6.07, 6.45) is 5.97. The van der Waals surface area contributed by atoms with Crippen LogP contribution in [-0.2, 0) is 11.2 Å². The SMILES string of the molecule is CCc1cc(C)cc(OCCOc2ccc(/C=C3/C(=N)N4N=C(c5cccnc5)SC4=NC3=O)cc2)c1. The highest BCUT2D eigenvalue weighted by atomic mass is 32.2. The normalized spacial score (nSPS) is 15.9. The van der Waals surface area contributed by atoms with E-state index in [0.29, 0.717) is 29.2 Å². The van der Waals surface area contributed by atoms with Crippen molar-refractivity contribution in [2.45, 2.75) is 20.3 Å². The van der Waals surface area contributed by atoms with E-state index in [9.17, 15) is 4.79 Å². The van der Waals surface area contributed by atoms with Crippen molar-refractivity contribution < 1.29 is 14.3 Å². The molecular formula is C28H25N5O3S. The molecule has 0 radical (unpaired) electrons. The lowest BCUT2D eigenvalue weighted by Gasteiger charge is -2.20. The zero-order valence-corrected chi connectivity index (χ0v) is 21.3. The number of ether oxygens (including phenoxy) is 2. The van der Waals surface area contributed by atoms with Crippen molar-refractivity contribution in [3.05, 3.63) is 94.8 Å². The Bertz CT molecular complexity index is 1430. The summed E-state index contributed by atoms with van der Waals surface area (Å²) in [5.41, 5.74) is 4.16. The van der Waals surface area contributed by atoms with Crippen LogP contribution in [0.3, 0.4) is 0 Å². The number of nitrogens with zero attached hydrogens (tertiary/aromatic N) is 4. The summed E-state index contributed by atoms with van der Waals surface area (Å²) in [5.74, 6) is 1.06. The molecular weight excluding hydrogens is 486 g/mol. The van der Waals surface area contributed by atoms with Gasteiger partial charge in [-0.05, 0) is 84.3 Å². The van der Waals surface area contributed by atoms with Gasteiger partial charge in [-0.25, -0.2) is 0 Å². The van der Waals surface area contributed by atoms with Gasteiger partial charge in [-0.2, -0.15) is 15.1 Å². The van der Waals surface area contributed by atoms with E-state index in [0.717, 1.165) is 23.3 Å². The second-order valence-corrected chi connectivity index (χ2v) is 9.40. The number of carbonyl (C=O) groups is 1. The number of amides is 1. The lowest BCUT2D eigenvalue weighted by atomic mass is 10.1. The van der Waals surface area contributed by atoms with Crippen molar-refractivity contribution in [1.82, 2.24) is 9.99 Å². The van der Waals surface area contributed by atoms with Crippen LogP contribution >= 0.6 is 11.8 Å². The molecule has 37 heavy (non-hydrogen) atoms. The molecule has 0 spiro atoms. The topological polar surface area (TPSA) is 100 Å². The van der Waals surface area contributed by atoms with Gasteiger partial charge in [0.1, 0.15) is 29.8 Å². The van der Waals surface area contributed by atoms with Crippen LogP contribution < -0.4 is 9.47 Å². The van der Waals surface area contributed by atoms with Crippen LogP contribution in [0.2, 0.25) is 0 Å². The van der Waals surface area contributed by atoms with E-state index >= 15 is 0 Å². The van der Waals surface area contributed by atoms with Crippen molar-refractivity contribution in [1.29, 1.82) is 5.41 Å². The molecule has 2 aliphatic heterocycles. The van der Waals surface area contributed by atoms with E-state index in [1.807, 2.05) is 42.5 Å². The number of aliphatic imine (C=N–C) groups is 1. The van der Waals surface area contributed by atoms with Crippen molar-refractivity contribution in [3.63, 3.8) is 0 Å². The fraction of sp³-hybridized carbons (Fsp3) is 0.179. The molecule has 9 heteroatoms. The van der Waals surface area contributed by atoms with Gasteiger partial charge >= 0.3 is 0 Å². The quantitative estimate of drug-likeness (QED) is 0.335. The fourth-order valence-corrected chi connectivity index (χ4v) is 4.74. The van der Waals surface area contributed by atoms with Gasteiger partial charge in [-0.1, -0.05) is 25.1 Å². The summed E-state index contributed by atoms with van der Waals surface area (Å²) >= 11 is 1.25. The predicted molar refractivity (Wildman–Crippen MR) is 146 cm³/mol. The Morgan fingerprint density at radius 1 is 1.05 bits per heavy atom. The summed E-state index contributed by atoms with van der Waals surface area (Å²) < 4.78 is 11.6. The van der Waals surface area contributed by atoms with Crippen molar-refractivity contribution in [2.75, 3.05) is 13.2 Å². The number of fused-ring (bicyclic) bond motifs is 1. The Balaban J connectivity index is 1.20. The Morgan fingerprint density at radius 2 is 1.84 bits per heavy atom. The molecule has 0 bridgehead atoms. The molecule has 3 heterocycles. The zero-order chi connectivity index (χ0) is 25.8. The number of pyridine rings is 1. The summed E-state index contributed by atoms with van der Waals surface area (Å²) in [5, 5.41) is 15.4. The molecule has 186 valence electrons. The number of hydrogen-bond donors (Lipinski definition) is 1. The van der Waals surface area contributed by atoms with E-state index in [2.05, 4.69) is 41.1 Å². The van der Waals surface area contributed by atoms with Crippen molar-refractivity contribution >= 4 is 39.8 Å². The Morgan fingerprint density at radius 3 is 2.57 bits per heavy atom. The largest absolute Gasteiger partial charge is 0.490 e. The lowest BCUT2D eigenvalue weighted by molar-refractivity contribution is -0.114. The highest BCUT2D eigenvalue weighted by molar-refractivity contribution is 8.27. The third-order valence-electron chi connectivity index (χ3n) is 5.69.